The van der Waals surface area contributed by atoms with Crippen molar-refractivity contribution in [2.45, 2.75) is 70.8 Å². The monoisotopic (exact) mass is 418 g/mol. The first kappa shape index (κ1) is 20.6. The highest BCUT2D eigenvalue weighted by atomic mass is 19.4. The van der Waals surface area contributed by atoms with Gasteiger partial charge in [0, 0.05) is 18.2 Å². The van der Waals surface area contributed by atoms with Crippen molar-refractivity contribution >= 4 is 11.7 Å². The van der Waals surface area contributed by atoms with Crippen molar-refractivity contribution < 1.29 is 18.0 Å². The maximum Gasteiger partial charge on any atom is 0.416 e. The van der Waals surface area contributed by atoms with Crippen LogP contribution in [0.4, 0.5) is 19.0 Å². The van der Waals surface area contributed by atoms with Crippen LogP contribution in [-0.4, -0.2) is 27.0 Å². The summed E-state index contributed by atoms with van der Waals surface area (Å²) in [5, 5.41) is 11.7. The average molecular weight is 418 g/mol. The molecule has 1 aliphatic carbocycles. The van der Waals surface area contributed by atoms with Gasteiger partial charge in [-0.2, -0.15) is 18.3 Å². The maximum absolute atomic E-state index is 13.1. The van der Waals surface area contributed by atoms with Crippen molar-refractivity contribution in [3.8, 4) is 0 Å². The molecule has 8 heteroatoms. The largest absolute Gasteiger partial charge is 0.416 e. The molecule has 1 fully saturated rings. The minimum atomic E-state index is -4.39. The summed E-state index contributed by atoms with van der Waals surface area (Å²) in [4.78, 5) is 14.7. The van der Waals surface area contributed by atoms with Crippen LogP contribution >= 0.6 is 0 Å². The molecule has 2 heterocycles. The van der Waals surface area contributed by atoms with Gasteiger partial charge in [-0.05, 0) is 49.9 Å². The van der Waals surface area contributed by atoms with Gasteiger partial charge in [0.05, 0.1) is 23.7 Å². The Kier molecular flexibility index (Phi) is 5.42. The third-order valence-corrected chi connectivity index (χ3v) is 6.20. The van der Waals surface area contributed by atoms with Crippen molar-refractivity contribution in [3.63, 3.8) is 0 Å². The summed E-state index contributed by atoms with van der Waals surface area (Å²) in [6.45, 7) is 4.10. The molecule has 1 atom stereocenters. The number of hydrogen-bond donors (Lipinski definition) is 1. The van der Waals surface area contributed by atoms with Crippen LogP contribution in [0.1, 0.15) is 66.6 Å². The fourth-order valence-electron chi connectivity index (χ4n) is 4.46. The van der Waals surface area contributed by atoms with Gasteiger partial charge in [-0.15, -0.1) is 5.10 Å². The van der Waals surface area contributed by atoms with Crippen LogP contribution in [0.2, 0.25) is 0 Å². The number of aryl methyl sites for hydroxylation is 1. The van der Waals surface area contributed by atoms with E-state index in [0.29, 0.717) is 24.3 Å². The third kappa shape index (κ3) is 4.00. The van der Waals surface area contributed by atoms with E-state index in [2.05, 4.69) is 15.5 Å². The van der Waals surface area contributed by atoms with Crippen LogP contribution in [0.15, 0.2) is 24.3 Å². The molecule has 1 amide bonds. The lowest BCUT2D eigenvalue weighted by Gasteiger charge is -2.35. The third-order valence-electron chi connectivity index (χ3n) is 6.20. The van der Waals surface area contributed by atoms with Crippen LogP contribution in [0.3, 0.4) is 0 Å². The molecule has 1 saturated carbocycles. The number of nitrogens with zero attached hydrogens (tertiary/aromatic N) is 3. The van der Waals surface area contributed by atoms with E-state index >= 15 is 0 Å². The second-order valence-electron chi connectivity index (χ2n) is 8.22. The van der Waals surface area contributed by atoms with Gasteiger partial charge < -0.3 is 10.2 Å². The second kappa shape index (κ2) is 7.89. The number of fused-ring (bicyclic) bond motifs is 1. The molecule has 2 aromatic rings. The second-order valence-corrected chi connectivity index (χ2v) is 8.22. The van der Waals surface area contributed by atoms with E-state index in [1.165, 1.54) is 6.07 Å². The lowest BCUT2D eigenvalue weighted by atomic mass is 9.96. The molecule has 0 saturated heterocycles. The zero-order chi connectivity index (χ0) is 21.5. The van der Waals surface area contributed by atoms with Crippen molar-refractivity contribution in [2.75, 3.05) is 5.32 Å². The van der Waals surface area contributed by atoms with E-state index in [9.17, 15) is 18.0 Å². The molecule has 5 nitrogen and oxygen atoms in total. The Morgan fingerprint density at radius 1 is 1.17 bits per heavy atom. The molecule has 1 aromatic heterocycles. The molecule has 160 valence electrons. The van der Waals surface area contributed by atoms with Crippen LogP contribution < -0.4 is 5.32 Å². The number of aromatic nitrogens is 2. The van der Waals surface area contributed by atoms with Gasteiger partial charge in [-0.25, -0.2) is 0 Å². The molecule has 0 bridgehead atoms. The molecular formula is C22H25F3N4O. The molecule has 2 aliphatic rings. The first-order valence-electron chi connectivity index (χ1n) is 10.3. The van der Waals surface area contributed by atoms with Crippen LogP contribution in [0.25, 0.3) is 0 Å². The molecule has 1 N–H and O–H groups in total. The standard InChI is InChI=1S/C22H25F3N4O/c1-13(15-6-5-7-16(10-15)22(23,24)25)26-21-19-12-29(17-8-3-4-9-17)20(30)11-18(19)14(2)27-28-21/h5-7,10,13,17H,3-4,8-9,11-12H2,1-2H3,(H,26,28). The van der Waals surface area contributed by atoms with Crippen molar-refractivity contribution in [2.24, 2.45) is 0 Å². The number of rotatable bonds is 4. The number of alkyl halides is 3. The minimum absolute atomic E-state index is 0.113. The number of halogens is 3. The smallest absolute Gasteiger partial charge is 0.362 e. The highest BCUT2D eigenvalue weighted by Crippen LogP contribution is 2.35. The molecule has 1 aliphatic heterocycles. The fraction of sp³-hybridized carbons (Fsp3) is 0.500. The Morgan fingerprint density at radius 3 is 2.60 bits per heavy atom. The van der Waals surface area contributed by atoms with Gasteiger partial charge in [0.1, 0.15) is 0 Å². The molecule has 30 heavy (non-hydrogen) atoms. The van der Waals surface area contributed by atoms with Crippen molar-refractivity contribution in [1.29, 1.82) is 0 Å². The summed E-state index contributed by atoms with van der Waals surface area (Å²) >= 11 is 0. The lowest BCUT2D eigenvalue weighted by molar-refractivity contribution is -0.137. The number of anilines is 1. The number of carbonyl (C=O) groups is 1. The number of hydrogen-bond acceptors (Lipinski definition) is 4. The van der Waals surface area contributed by atoms with E-state index in [4.69, 9.17) is 0 Å². The summed E-state index contributed by atoms with van der Waals surface area (Å²) in [7, 11) is 0. The Hall–Kier alpha value is -2.64. The summed E-state index contributed by atoms with van der Waals surface area (Å²) in [5.74, 6) is 0.651. The van der Waals surface area contributed by atoms with Crippen molar-refractivity contribution in [3.05, 3.63) is 52.2 Å². The van der Waals surface area contributed by atoms with Gasteiger partial charge >= 0.3 is 6.18 Å². The van der Waals surface area contributed by atoms with E-state index < -0.39 is 17.8 Å². The molecule has 1 aromatic carbocycles. The Balaban J connectivity index is 1.62. The van der Waals surface area contributed by atoms with Crippen LogP contribution in [0, 0.1) is 6.92 Å². The van der Waals surface area contributed by atoms with Gasteiger partial charge in [0.2, 0.25) is 5.91 Å². The van der Waals surface area contributed by atoms with E-state index in [0.717, 1.165) is 54.6 Å². The highest BCUT2D eigenvalue weighted by Gasteiger charge is 2.34. The van der Waals surface area contributed by atoms with E-state index in [-0.39, 0.29) is 11.9 Å². The first-order chi connectivity index (χ1) is 14.2. The van der Waals surface area contributed by atoms with Gasteiger partial charge in [0.15, 0.2) is 5.82 Å². The Morgan fingerprint density at radius 2 is 1.90 bits per heavy atom. The number of nitrogens with one attached hydrogen (secondary N) is 1. The number of carbonyl (C=O) groups excluding carboxylic acids is 1. The predicted molar refractivity (Wildman–Crippen MR) is 107 cm³/mol. The predicted octanol–water partition coefficient (Wildman–Crippen LogP) is 4.80. The topological polar surface area (TPSA) is 58.1 Å². The van der Waals surface area contributed by atoms with Crippen molar-refractivity contribution in [1.82, 2.24) is 15.1 Å². The molecular weight excluding hydrogens is 393 g/mol. The summed E-state index contributed by atoms with van der Waals surface area (Å²) in [6, 6.07) is 5.15. The first-order valence-corrected chi connectivity index (χ1v) is 10.3. The molecule has 1 unspecified atom stereocenters. The number of amides is 1. The van der Waals surface area contributed by atoms with E-state index in [1.54, 1.807) is 13.0 Å². The van der Waals surface area contributed by atoms with E-state index in [1.807, 2.05) is 11.8 Å². The lowest BCUT2D eigenvalue weighted by Crippen LogP contribution is -2.43. The minimum Gasteiger partial charge on any atom is -0.362 e. The van der Waals surface area contributed by atoms with Crippen LogP contribution in [-0.2, 0) is 23.9 Å². The van der Waals surface area contributed by atoms with Crippen LogP contribution in [0.5, 0.6) is 0 Å². The van der Waals surface area contributed by atoms with Gasteiger partial charge in [0.25, 0.3) is 0 Å². The normalized spacial score (nSPS) is 18.4. The molecule has 0 radical (unpaired) electrons. The SMILES string of the molecule is Cc1nnc(NC(C)c2cccc(C(F)(F)F)c2)c2c1CC(=O)N(C1CCCC1)C2. The quantitative estimate of drug-likeness (QED) is 0.775. The summed E-state index contributed by atoms with van der Waals surface area (Å²) in [5.41, 5.74) is 2.36. The Labute approximate surface area is 173 Å². The maximum atomic E-state index is 13.1. The zero-order valence-electron chi connectivity index (χ0n) is 17.1. The Bertz CT molecular complexity index is 954. The fourth-order valence-corrected chi connectivity index (χ4v) is 4.46. The molecule has 0 spiro atoms. The van der Waals surface area contributed by atoms with Gasteiger partial charge in [-0.1, -0.05) is 25.0 Å². The summed E-state index contributed by atoms with van der Waals surface area (Å²) in [6.07, 6.45) is 0.198. The van der Waals surface area contributed by atoms with Gasteiger partial charge in [-0.3, -0.25) is 4.79 Å². The zero-order valence-corrected chi connectivity index (χ0v) is 17.1. The average Bonchev–Trinajstić information content (AvgIpc) is 3.24. The highest BCUT2D eigenvalue weighted by molar-refractivity contribution is 5.82. The number of benzene rings is 1. The summed E-state index contributed by atoms with van der Waals surface area (Å²) < 4.78 is 39.2. The molecule has 4 rings (SSSR count).